The summed E-state index contributed by atoms with van der Waals surface area (Å²) in [4.78, 5) is 0. The van der Waals surface area contributed by atoms with Crippen LogP contribution in [-0.4, -0.2) is 12.7 Å². The van der Waals surface area contributed by atoms with E-state index in [2.05, 4.69) is 12.3 Å². The first-order valence-electron chi connectivity index (χ1n) is 7.30. The average Bonchev–Trinajstić information content (AvgIpc) is 2.46. The van der Waals surface area contributed by atoms with Crippen molar-refractivity contribution in [3.63, 3.8) is 0 Å². The zero-order valence-corrected chi connectivity index (χ0v) is 12.6. The van der Waals surface area contributed by atoms with Crippen LogP contribution in [0.2, 0.25) is 0 Å². The second-order valence-corrected chi connectivity index (χ2v) is 6.06. The van der Waals surface area contributed by atoms with E-state index in [0.29, 0.717) is 11.5 Å². The number of hydrogen-bond acceptors (Lipinski definition) is 3. The van der Waals surface area contributed by atoms with Gasteiger partial charge in [0.25, 0.3) is 0 Å². The highest BCUT2D eigenvalue weighted by Gasteiger charge is 2.42. The smallest absolute Gasteiger partial charge is 0.126 e. The van der Waals surface area contributed by atoms with E-state index in [4.69, 9.17) is 10.6 Å². The van der Waals surface area contributed by atoms with E-state index in [1.807, 2.05) is 6.07 Å². The van der Waals surface area contributed by atoms with Gasteiger partial charge in [0.1, 0.15) is 5.82 Å². The number of hydrogen-bond donors (Lipinski definition) is 2. The van der Waals surface area contributed by atoms with Crippen LogP contribution in [0.5, 0.6) is 0 Å². The minimum absolute atomic E-state index is 0.185. The Hall–Kier alpha value is -0.970. The highest BCUT2D eigenvalue weighted by Crippen LogP contribution is 2.42. The van der Waals surface area contributed by atoms with Crippen molar-refractivity contribution in [2.45, 2.75) is 51.2 Å². The van der Waals surface area contributed by atoms with Gasteiger partial charge in [-0.2, -0.15) is 0 Å². The maximum atomic E-state index is 13.8. The van der Waals surface area contributed by atoms with Crippen LogP contribution in [0.3, 0.4) is 0 Å². The standard InChI is InChI=1S/C16H25FN2O/c1-11-6-8-16(20-3,9-7-11)15(19-18)13-5-4-12(2)14(17)10-13/h4-5,10-11,15,19H,6-9,18H2,1-3H3. The summed E-state index contributed by atoms with van der Waals surface area (Å²) < 4.78 is 19.7. The topological polar surface area (TPSA) is 47.3 Å². The van der Waals surface area contributed by atoms with Gasteiger partial charge in [0, 0.05) is 7.11 Å². The predicted octanol–water partition coefficient (Wildman–Crippen LogP) is 3.23. The molecule has 20 heavy (non-hydrogen) atoms. The fourth-order valence-electron chi connectivity index (χ4n) is 3.20. The van der Waals surface area contributed by atoms with Crippen LogP contribution in [0.4, 0.5) is 4.39 Å². The van der Waals surface area contributed by atoms with Gasteiger partial charge in [-0.15, -0.1) is 0 Å². The number of rotatable bonds is 4. The molecule has 4 heteroatoms. The monoisotopic (exact) mass is 280 g/mol. The molecule has 0 heterocycles. The van der Waals surface area contributed by atoms with Crippen LogP contribution >= 0.6 is 0 Å². The number of hydrazine groups is 1. The van der Waals surface area contributed by atoms with Crippen molar-refractivity contribution in [2.24, 2.45) is 11.8 Å². The molecule has 3 N–H and O–H groups in total. The lowest BCUT2D eigenvalue weighted by atomic mass is 9.73. The lowest BCUT2D eigenvalue weighted by molar-refractivity contribution is -0.0762. The molecule has 1 unspecified atom stereocenters. The van der Waals surface area contributed by atoms with E-state index in [1.54, 1.807) is 26.2 Å². The van der Waals surface area contributed by atoms with E-state index in [1.165, 1.54) is 0 Å². The van der Waals surface area contributed by atoms with Gasteiger partial charge in [0.2, 0.25) is 0 Å². The molecule has 112 valence electrons. The first-order chi connectivity index (χ1) is 9.52. The molecule has 0 radical (unpaired) electrons. The third-order valence-electron chi connectivity index (χ3n) is 4.75. The van der Waals surface area contributed by atoms with Crippen LogP contribution in [-0.2, 0) is 4.74 Å². The van der Waals surface area contributed by atoms with Gasteiger partial charge in [-0.1, -0.05) is 19.1 Å². The van der Waals surface area contributed by atoms with Gasteiger partial charge >= 0.3 is 0 Å². The Morgan fingerprint density at radius 1 is 1.40 bits per heavy atom. The van der Waals surface area contributed by atoms with Gasteiger partial charge in [0.05, 0.1) is 11.6 Å². The average molecular weight is 280 g/mol. The van der Waals surface area contributed by atoms with E-state index in [9.17, 15) is 4.39 Å². The first-order valence-corrected chi connectivity index (χ1v) is 7.30. The molecular weight excluding hydrogens is 255 g/mol. The molecule has 3 nitrogen and oxygen atoms in total. The number of nitrogens with two attached hydrogens (primary N) is 1. The van der Waals surface area contributed by atoms with E-state index < -0.39 is 0 Å². The molecule has 1 atom stereocenters. The summed E-state index contributed by atoms with van der Waals surface area (Å²) in [6.07, 6.45) is 4.10. The van der Waals surface area contributed by atoms with Gasteiger partial charge in [-0.25, -0.2) is 4.39 Å². The lowest BCUT2D eigenvalue weighted by Gasteiger charge is -2.44. The molecule has 0 aliphatic heterocycles. The highest BCUT2D eigenvalue weighted by atomic mass is 19.1. The van der Waals surface area contributed by atoms with Crippen molar-refractivity contribution in [1.82, 2.24) is 5.43 Å². The number of benzene rings is 1. The minimum Gasteiger partial charge on any atom is -0.376 e. The summed E-state index contributed by atoms with van der Waals surface area (Å²) in [5, 5.41) is 0. The van der Waals surface area contributed by atoms with Crippen LogP contribution in [0.25, 0.3) is 0 Å². The molecule has 1 aliphatic rings. The van der Waals surface area contributed by atoms with Gasteiger partial charge in [0.15, 0.2) is 0 Å². The lowest BCUT2D eigenvalue weighted by Crippen LogP contribution is -2.50. The Balaban J connectivity index is 2.31. The summed E-state index contributed by atoms with van der Waals surface area (Å²) >= 11 is 0. The molecular formula is C16H25FN2O. The van der Waals surface area contributed by atoms with Gasteiger partial charge in [-0.05, 0) is 55.7 Å². The van der Waals surface area contributed by atoms with Crippen LogP contribution in [0.15, 0.2) is 18.2 Å². The minimum atomic E-state index is -0.344. The molecule has 0 spiro atoms. The Labute approximate surface area is 120 Å². The second kappa shape index (κ2) is 6.20. The quantitative estimate of drug-likeness (QED) is 0.657. The van der Waals surface area contributed by atoms with Crippen molar-refractivity contribution >= 4 is 0 Å². The first kappa shape index (κ1) is 15.4. The Morgan fingerprint density at radius 3 is 2.55 bits per heavy atom. The number of nitrogens with one attached hydrogen (secondary N) is 1. The summed E-state index contributed by atoms with van der Waals surface area (Å²) in [7, 11) is 1.73. The van der Waals surface area contributed by atoms with E-state index in [0.717, 1.165) is 31.2 Å². The normalized spacial score (nSPS) is 28.4. The molecule has 2 rings (SSSR count). The summed E-state index contributed by atoms with van der Waals surface area (Å²) in [6.45, 7) is 4.02. The summed E-state index contributed by atoms with van der Waals surface area (Å²) in [5.74, 6) is 6.28. The predicted molar refractivity (Wildman–Crippen MR) is 78.6 cm³/mol. The Morgan fingerprint density at radius 2 is 2.05 bits per heavy atom. The number of methoxy groups -OCH3 is 1. The fourth-order valence-corrected chi connectivity index (χ4v) is 3.20. The highest BCUT2D eigenvalue weighted by molar-refractivity contribution is 5.28. The number of aryl methyl sites for hydroxylation is 1. The molecule has 1 saturated carbocycles. The zero-order valence-electron chi connectivity index (χ0n) is 12.6. The third-order valence-corrected chi connectivity index (χ3v) is 4.75. The molecule has 0 amide bonds. The van der Waals surface area contributed by atoms with Crippen LogP contribution in [0.1, 0.15) is 49.8 Å². The van der Waals surface area contributed by atoms with Gasteiger partial charge < -0.3 is 4.74 Å². The largest absolute Gasteiger partial charge is 0.376 e. The maximum Gasteiger partial charge on any atom is 0.126 e. The summed E-state index contributed by atoms with van der Waals surface area (Å²) in [5.41, 5.74) is 4.01. The van der Waals surface area contributed by atoms with Crippen molar-refractivity contribution in [2.75, 3.05) is 7.11 Å². The Kier molecular flexibility index (Phi) is 4.78. The summed E-state index contributed by atoms with van der Waals surface area (Å²) in [6, 6.07) is 5.11. The van der Waals surface area contributed by atoms with Crippen LogP contribution < -0.4 is 11.3 Å². The maximum absolute atomic E-state index is 13.8. The van der Waals surface area contributed by atoms with Crippen molar-refractivity contribution in [3.05, 3.63) is 35.1 Å². The fraction of sp³-hybridized carbons (Fsp3) is 0.625. The Bertz CT molecular complexity index is 456. The van der Waals surface area contributed by atoms with E-state index >= 15 is 0 Å². The van der Waals surface area contributed by atoms with Crippen LogP contribution in [0, 0.1) is 18.7 Å². The molecule has 1 aromatic rings. The molecule has 0 aromatic heterocycles. The SMILES string of the molecule is COC1(C(NN)c2ccc(C)c(F)c2)CCC(C)CC1. The van der Waals surface area contributed by atoms with Crippen molar-refractivity contribution in [1.29, 1.82) is 0 Å². The molecule has 1 fully saturated rings. The molecule has 0 saturated heterocycles. The molecule has 1 aromatic carbocycles. The third kappa shape index (κ3) is 2.87. The zero-order chi connectivity index (χ0) is 14.8. The van der Waals surface area contributed by atoms with Crippen molar-refractivity contribution < 1.29 is 9.13 Å². The number of ether oxygens (including phenoxy) is 1. The van der Waals surface area contributed by atoms with Gasteiger partial charge in [-0.3, -0.25) is 11.3 Å². The number of halogens is 1. The second-order valence-electron chi connectivity index (χ2n) is 6.06. The van der Waals surface area contributed by atoms with E-state index in [-0.39, 0.29) is 17.5 Å². The molecule has 1 aliphatic carbocycles. The van der Waals surface area contributed by atoms with Crippen molar-refractivity contribution in [3.8, 4) is 0 Å². The molecule has 0 bridgehead atoms.